The predicted octanol–water partition coefficient (Wildman–Crippen LogP) is 1.51. The second kappa shape index (κ2) is 3.25. The number of fused-ring (bicyclic) bond motifs is 1. The second-order valence-corrected chi connectivity index (χ2v) is 4.92. The van der Waals surface area contributed by atoms with Crippen molar-refractivity contribution in [2.24, 2.45) is 11.8 Å². The molecular formula is C11H19NO. The average molecular weight is 181 g/mol. The van der Waals surface area contributed by atoms with E-state index in [0.29, 0.717) is 0 Å². The highest BCUT2D eigenvalue weighted by atomic mass is 16.5. The number of ether oxygens (including phenoxy) is 1. The first-order chi connectivity index (χ1) is 6.43. The summed E-state index contributed by atoms with van der Waals surface area (Å²) in [6.07, 6.45) is 5.76. The third-order valence-corrected chi connectivity index (χ3v) is 4.18. The van der Waals surface area contributed by atoms with Crippen molar-refractivity contribution in [2.75, 3.05) is 26.3 Å². The molecule has 2 saturated heterocycles. The van der Waals surface area contributed by atoms with Gasteiger partial charge < -0.3 is 4.74 Å². The van der Waals surface area contributed by atoms with Gasteiger partial charge in [-0.25, -0.2) is 0 Å². The van der Waals surface area contributed by atoms with Crippen LogP contribution in [0.2, 0.25) is 0 Å². The zero-order valence-corrected chi connectivity index (χ0v) is 8.24. The van der Waals surface area contributed by atoms with E-state index in [0.717, 1.165) is 31.1 Å². The summed E-state index contributed by atoms with van der Waals surface area (Å²) < 4.78 is 5.45. The number of likely N-dealkylation sites (tertiary alicyclic amines) is 1. The monoisotopic (exact) mass is 181 g/mol. The molecule has 2 nitrogen and oxygen atoms in total. The van der Waals surface area contributed by atoms with Crippen molar-refractivity contribution in [3.05, 3.63) is 0 Å². The molecule has 3 atom stereocenters. The Balaban J connectivity index is 1.62. The van der Waals surface area contributed by atoms with Crippen LogP contribution in [0, 0.1) is 11.8 Å². The zero-order chi connectivity index (χ0) is 8.67. The maximum Gasteiger partial charge on any atom is 0.0622 e. The summed E-state index contributed by atoms with van der Waals surface area (Å²) in [6.45, 7) is 4.74. The normalized spacial score (nSPS) is 45.7. The Hall–Kier alpha value is -0.0800. The van der Waals surface area contributed by atoms with E-state index in [-0.39, 0.29) is 0 Å². The van der Waals surface area contributed by atoms with E-state index in [4.69, 9.17) is 4.74 Å². The number of hydrogen-bond acceptors (Lipinski definition) is 2. The summed E-state index contributed by atoms with van der Waals surface area (Å²) in [4.78, 5) is 2.70. The van der Waals surface area contributed by atoms with Gasteiger partial charge in [-0.2, -0.15) is 0 Å². The van der Waals surface area contributed by atoms with Crippen LogP contribution in [-0.4, -0.2) is 37.2 Å². The summed E-state index contributed by atoms with van der Waals surface area (Å²) in [5.74, 6) is 2.08. The van der Waals surface area contributed by atoms with Crippen LogP contribution in [0.25, 0.3) is 0 Å². The molecule has 0 N–H and O–H groups in total. The molecule has 1 aliphatic carbocycles. The molecule has 0 amide bonds. The maximum atomic E-state index is 5.45. The van der Waals surface area contributed by atoms with Crippen molar-refractivity contribution in [2.45, 2.75) is 31.7 Å². The van der Waals surface area contributed by atoms with Crippen molar-refractivity contribution in [3.8, 4) is 0 Å². The number of nitrogens with zero attached hydrogens (tertiary/aromatic N) is 1. The lowest BCUT2D eigenvalue weighted by Crippen LogP contribution is -2.34. The molecule has 0 aromatic rings. The van der Waals surface area contributed by atoms with E-state index in [1.807, 2.05) is 0 Å². The molecule has 3 rings (SSSR count). The molecular weight excluding hydrogens is 162 g/mol. The van der Waals surface area contributed by atoms with Crippen LogP contribution in [-0.2, 0) is 4.74 Å². The number of rotatable bonds is 1. The molecule has 3 aliphatic rings. The zero-order valence-electron chi connectivity index (χ0n) is 8.24. The van der Waals surface area contributed by atoms with Crippen LogP contribution in [0.3, 0.4) is 0 Å². The highest BCUT2D eigenvalue weighted by molar-refractivity contribution is 4.91. The van der Waals surface area contributed by atoms with E-state index in [1.54, 1.807) is 0 Å². The molecule has 1 saturated carbocycles. The Labute approximate surface area is 80.2 Å². The van der Waals surface area contributed by atoms with Gasteiger partial charge in [-0.3, -0.25) is 4.90 Å². The quantitative estimate of drug-likeness (QED) is 0.608. The van der Waals surface area contributed by atoms with Crippen molar-refractivity contribution in [1.29, 1.82) is 0 Å². The molecule has 0 spiro atoms. The van der Waals surface area contributed by atoms with Gasteiger partial charge in [-0.1, -0.05) is 6.42 Å². The lowest BCUT2D eigenvalue weighted by Gasteiger charge is -2.22. The summed E-state index contributed by atoms with van der Waals surface area (Å²) in [6, 6.07) is 0.769. The fraction of sp³-hybridized carbons (Fsp3) is 1.00. The summed E-state index contributed by atoms with van der Waals surface area (Å²) in [5, 5.41) is 0. The average Bonchev–Trinajstić information content (AvgIpc) is 2.78. The van der Waals surface area contributed by atoms with E-state index in [9.17, 15) is 0 Å². The minimum absolute atomic E-state index is 0.769. The van der Waals surface area contributed by atoms with Crippen LogP contribution >= 0.6 is 0 Å². The van der Waals surface area contributed by atoms with Gasteiger partial charge >= 0.3 is 0 Å². The van der Waals surface area contributed by atoms with E-state index in [1.165, 1.54) is 38.8 Å². The molecule has 2 heteroatoms. The Morgan fingerprint density at radius 1 is 1.00 bits per heavy atom. The smallest absolute Gasteiger partial charge is 0.0622 e. The van der Waals surface area contributed by atoms with Gasteiger partial charge in [0.2, 0.25) is 0 Å². The van der Waals surface area contributed by atoms with Gasteiger partial charge in [0.15, 0.2) is 0 Å². The van der Waals surface area contributed by atoms with Crippen LogP contribution in [0.5, 0.6) is 0 Å². The third-order valence-electron chi connectivity index (χ3n) is 4.18. The fourth-order valence-electron chi connectivity index (χ4n) is 3.38. The van der Waals surface area contributed by atoms with Gasteiger partial charge in [0.25, 0.3) is 0 Å². The van der Waals surface area contributed by atoms with E-state index >= 15 is 0 Å². The van der Waals surface area contributed by atoms with Gasteiger partial charge in [0.05, 0.1) is 6.61 Å². The summed E-state index contributed by atoms with van der Waals surface area (Å²) in [7, 11) is 0. The van der Waals surface area contributed by atoms with Gasteiger partial charge in [0.1, 0.15) is 0 Å². The standard InChI is InChI=1S/C11H19NO/c1-2-9-6-12(7-10(9)3-1)11-4-5-13-8-11/h9-11H,1-8H2/t9-,10+,11?. The SMILES string of the molecule is C1C[C@@H]2CN(C3CCOC3)C[C@@H]2C1. The van der Waals surface area contributed by atoms with Gasteiger partial charge in [-0.15, -0.1) is 0 Å². The minimum atomic E-state index is 0.769. The first-order valence-electron chi connectivity index (χ1n) is 5.75. The Morgan fingerprint density at radius 3 is 2.38 bits per heavy atom. The first kappa shape index (κ1) is 8.25. The first-order valence-corrected chi connectivity index (χ1v) is 5.75. The molecule has 0 aromatic heterocycles. The molecule has 0 bridgehead atoms. The van der Waals surface area contributed by atoms with Crippen LogP contribution < -0.4 is 0 Å². The molecule has 74 valence electrons. The van der Waals surface area contributed by atoms with E-state index < -0.39 is 0 Å². The molecule has 2 heterocycles. The van der Waals surface area contributed by atoms with Crippen molar-refractivity contribution in [3.63, 3.8) is 0 Å². The van der Waals surface area contributed by atoms with Crippen LogP contribution in [0.4, 0.5) is 0 Å². The minimum Gasteiger partial charge on any atom is -0.380 e. The van der Waals surface area contributed by atoms with Crippen LogP contribution in [0.1, 0.15) is 25.7 Å². The largest absolute Gasteiger partial charge is 0.380 e. The molecule has 2 aliphatic heterocycles. The lowest BCUT2D eigenvalue weighted by molar-refractivity contribution is 0.154. The Kier molecular flexibility index (Phi) is 2.06. The van der Waals surface area contributed by atoms with Crippen molar-refractivity contribution in [1.82, 2.24) is 4.90 Å². The maximum absolute atomic E-state index is 5.45. The predicted molar refractivity (Wildman–Crippen MR) is 51.6 cm³/mol. The molecule has 0 radical (unpaired) electrons. The highest BCUT2D eigenvalue weighted by Gasteiger charge is 2.39. The summed E-state index contributed by atoms with van der Waals surface area (Å²) in [5.41, 5.74) is 0. The molecule has 0 aromatic carbocycles. The van der Waals surface area contributed by atoms with E-state index in [2.05, 4.69) is 4.90 Å². The molecule has 3 fully saturated rings. The lowest BCUT2D eigenvalue weighted by atomic mass is 10.0. The fourth-order valence-corrected chi connectivity index (χ4v) is 3.38. The van der Waals surface area contributed by atoms with Gasteiger partial charge in [-0.05, 0) is 31.1 Å². The number of hydrogen-bond donors (Lipinski definition) is 0. The third kappa shape index (κ3) is 1.40. The topological polar surface area (TPSA) is 12.5 Å². The Bertz CT molecular complexity index is 177. The van der Waals surface area contributed by atoms with Crippen molar-refractivity contribution < 1.29 is 4.74 Å². The summed E-state index contributed by atoms with van der Waals surface area (Å²) >= 11 is 0. The highest BCUT2D eigenvalue weighted by Crippen LogP contribution is 2.39. The van der Waals surface area contributed by atoms with Gasteiger partial charge in [0, 0.05) is 25.7 Å². The Morgan fingerprint density at radius 2 is 1.77 bits per heavy atom. The van der Waals surface area contributed by atoms with Crippen LogP contribution in [0.15, 0.2) is 0 Å². The second-order valence-electron chi connectivity index (χ2n) is 4.92. The molecule has 1 unspecified atom stereocenters. The molecule has 13 heavy (non-hydrogen) atoms. The van der Waals surface area contributed by atoms with Crippen molar-refractivity contribution >= 4 is 0 Å².